The molecule has 0 unspecified atom stereocenters. The van der Waals surface area contributed by atoms with E-state index in [9.17, 15) is 9.59 Å². The molecule has 0 spiro atoms. The molecule has 1 aromatic rings. The number of thioether (sulfide) groups is 1. The maximum absolute atomic E-state index is 12.1. The summed E-state index contributed by atoms with van der Waals surface area (Å²) in [5, 5.41) is 7.18. The summed E-state index contributed by atoms with van der Waals surface area (Å²) in [5.41, 5.74) is 1.34. The molecular weight excluding hydrogens is 304 g/mol. The summed E-state index contributed by atoms with van der Waals surface area (Å²) >= 11 is 3.52. The van der Waals surface area contributed by atoms with Crippen LogP contribution in [-0.2, 0) is 15.3 Å². The molecule has 0 bridgehead atoms. The quantitative estimate of drug-likeness (QED) is 0.783. The third kappa shape index (κ3) is 4.74. The van der Waals surface area contributed by atoms with E-state index < -0.39 is 0 Å². The van der Waals surface area contributed by atoms with Gasteiger partial charge < -0.3 is 10.2 Å². The van der Waals surface area contributed by atoms with Crippen LogP contribution in [0.1, 0.15) is 25.8 Å². The van der Waals surface area contributed by atoms with Crippen molar-refractivity contribution in [1.82, 2.24) is 10.2 Å². The van der Waals surface area contributed by atoms with Gasteiger partial charge in [0.15, 0.2) is 0 Å². The summed E-state index contributed by atoms with van der Waals surface area (Å²) in [7, 11) is 0. The highest BCUT2D eigenvalue weighted by Crippen LogP contribution is 2.20. The Labute approximate surface area is 134 Å². The third-order valence-corrected chi connectivity index (χ3v) is 5.31. The Balaban J connectivity index is 1.63. The van der Waals surface area contributed by atoms with Crippen LogP contribution in [-0.4, -0.2) is 41.6 Å². The van der Waals surface area contributed by atoms with Gasteiger partial charge in [-0.05, 0) is 36.2 Å². The topological polar surface area (TPSA) is 49.4 Å². The molecule has 21 heavy (non-hydrogen) atoms. The highest BCUT2D eigenvalue weighted by Gasteiger charge is 2.35. The van der Waals surface area contributed by atoms with Crippen LogP contribution in [0.15, 0.2) is 16.8 Å². The molecule has 1 saturated heterocycles. The first-order valence-corrected chi connectivity index (χ1v) is 9.33. The van der Waals surface area contributed by atoms with Crippen molar-refractivity contribution in [2.24, 2.45) is 5.92 Å². The van der Waals surface area contributed by atoms with Crippen LogP contribution < -0.4 is 5.32 Å². The summed E-state index contributed by atoms with van der Waals surface area (Å²) in [4.78, 5) is 25.6. The molecule has 2 heterocycles. The average Bonchev–Trinajstić information content (AvgIpc) is 3.07. The van der Waals surface area contributed by atoms with Gasteiger partial charge in [0.25, 0.3) is 0 Å². The molecule has 1 aliphatic rings. The molecule has 1 aromatic heterocycles. The second kappa shape index (κ2) is 7.84. The lowest BCUT2D eigenvalue weighted by Crippen LogP contribution is -2.36. The van der Waals surface area contributed by atoms with Gasteiger partial charge in [-0.3, -0.25) is 9.59 Å². The van der Waals surface area contributed by atoms with Gasteiger partial charge in [0.1, 0.15) is 0 Å². The third-order valence-electron chi connectivity index (χ3n) is 3.55. The van der Waals surface area contributed by atoms with E-state index in [4.69, 9.17) is 0 Å². The molecule has 1 atom stereocenters. The molecule has 1 fully saturated rings. The van der Waals surface area contributed by atoms with Gasteiger partial charge in [-0.1, -0.05) is 0 Å². The molecule has 0 saturated carbocycles. The van der Waals surface area contributed by atoms with E-state index in [1.807, 2.05) is 25.6 Å². The van der Waals surface area contributed by atoms with Gasteiger partial charge in [0.2, 0.25) is 11.8 Å². The summed E-state index contributed by atoms with van der Waals surface area (Å²) in [6.07, 6.45) is 0.353. The Morgan fingerprint density at radius 2 is 2.38 bits per heavy atom. The molecule has 116 valence electrons. The lowest BCUT2D eigenvalue weighted by molar-refractivity contribution is -0.129. The van der Waals surface area contributed by atoms with E-state index in [1.54, 1.807) is 16.2 Å². The van der Waals surface area contributed by atoms with Crippen LogP contribution in [0.3, 0.4) is 0 Å². The number of rotatable bonds is 7. The van der Waals surface area contributed by atoms with Crippen molar-refractivity contribution >= 4 is 34.9 Å². The Hall–Kier alpha value is -1.01. The number of amides is 2. The van der Waals surface area contributed by atoms with Gasteiger partial charge >= 0.3 is 0 Å². The van der Waals surface area contributed by atoms with Crippen molar-refractivity contribution in [3.63, 3.8) is 0 Å². The molecule has 1 aliphatic heterocycles. The van der Waals surface area contributed by atoms with E-state index in [1.165, 1.54) is 5.56 Å². The second-order valence-corrected chi connectivity index (χ2v) is 7.40. The van der Waals surface area contributed by atoms with E-state index in [0.717, 1.165) is 11.5 Å². The average molecular weight is 326 g/mol. The molecule has 4 nitrogen and oxygen atoms in total. The van der Waals surface area contributed by atoms with Crippen molar-refractivity contribution in [2.75, 3.05) is 18.8 Å². The number of thiophene rings is 1. The Kier molecular flexibility index (Phi) is 6.11. The van der Waals surface area contributed by atoms with Crippen LogP contribution in [0.2, 0.25) is 0 Å². The zero-order chi connectivity index (χ0) is 15.2. The van der Waals surface area contributed by atoms with Gasteiger partial charge in [0.05, 0.1) is 5.92 Å². The van der Waals surface area contributed by atoms with E-state index in [0.29, 0.717) is 19.5 Å². The highest BCUT2D eigenvalue weighted by molar-refractivity contribution is 7.98. The molecule has 2 amide bonds. The van der Waals surface area contributed by atoms with Gasteiger partial charge in [0, 0.05) is 37.1 Å². The monoisotopic (exact) mass is 326 g/mol. The van der Waals surface area contributed by atoms with Crippen LogP contribution in [0.4, 0.5) is 0 Å². The summed E-state index contributed by atoms with van der Waals surface area (Å²) in [5.74, 6) is 1.82. The van der Waals surface area contributed by atoms with Gasteiger partial charge in [-0.25, -0.2) is 0 Å². The molecule has 2 rings (SSSR count). The minimum Gasteiger partial charge on any atom is -0.355 e. The predicted molar refractivity (Wildman–Crippen MR) is 88.4 cm³/mol. The minimum absolute atomic E-state index is 0.0163. The van der Waals surface area contributed by atoms with Crippen LogP contribution in [0.5, 0.6) is 0 Å². The lowest BCUT2D eigenvalue weighted by Gasteiger charge is -2.20. The molecule has 0 radical (unpaired) electrons. The lowest BCUT2D eigenvalue weighted by atomic mass is 10.1. The molecule has 0 aliphatic carbocycles. The zero-order valence-corrected chi connectivity index (χ0v) is 14.1. The molecule has 1 N–H and O–H groups in total. The first-order valence-electron chi connectivity index (χ1n) is 7.24. The fourth-order valence-corrected chi connectivity index (χ4v) is 3.94. The Morgan fingerprint density at radius 3 is 3.00 bits per heavy atom. The van der Waals surface area contributed by atoms with Crippen molar-refractivity contribution in [3.8, 4) is 0 Å². The van der Waals surface area contributed by atoms with E-state index in [2.05, 4.69) is 22.1 Å². The van der Waals surface area contributed by atoms with Crippen LogP contribution in [0.25, 0.3) is 0 Å². The zero-order valence-electron chi connectivity index (χ0n) is 12.5. The van der Waals surface area contributed by atoms with Crippen molar-refractivity contribution in [3.05, 3.63) is 22.4 Å². The molecule has 6 heteroatoms. The fraction of sp³-hybridized carbons (Fsp3) is 0.600. The maximum Gasteiger partial charge on any atom is 0.225 e. The van der Waals surface area contributed by atoms with Crippen LogP contribution >= 0.6 is 23.1 Å². The van der Waals surface area contributed by atoms with Gasteiger partial charge in [-0.15, -0.1) is 0 Å². The van der Waals surface area contributed by atoms with E-state index in [-0.39, 0.29) is 23.8 Å². The Bertz CT molecular complexity index is 474. The summed E-state index contributed by atoms with van der Waals surface area (Å²) in [6.45, 7) is 5.20. The SMILES string of the molecule is CC(C)N1C[C@@H](C(=O)NCCSCc2ccsc2)CC1=O. The number of likely N-dealkylation sites (tertiary alicyclic amines) is 1. The summed E-state index contributed by atoms with van der Waals surface area (Å²) < 4.78 is 0. The second-order valence-electron chi connectivity index (χ2n) is 5.52. The smallest absolute Gasteiger partial charge is 0.225 e. The maximum atomic E-state index is 12.1. The van der Waals surface area contributed by atoms with Gasteiger partial charge in [-0.2, -0.15) is 23.1 Å². The van der Waals surface area contributed by atoms with Crippen LogP contribution in [0, 0.1) is 5.92 Å². The normalized spacial score (nSPS) is 18.5. The number of nitrogens with zero attached hydrogens (tertiary/aromatic N) is 1. The molecule has 0 aromatic carbocycles. The Morgan fingerprint density at radius 1 is 1.57 bits per heavy atom. The minimum atomic E-state index is -0.179. The van der Waals surface area contributed by atoms with Crippen molar-refractivity contribution < 1.29 is 9.59 Å². The molecular formula is C15H22N2O2S2. The number of hydrogen-bond acceptors (Lipinski definition) is 4. The first-order chi connectivity index (χ1) is 10.1. The number of hydrogen-bond donors (Lipinski definition) is 1. The fourth-order valence-electron chi connectivity index (χ4n) is 2.36. The van der Waals surface area contributed by atoms with Crippen molar-refractivity contribution in [2.45, 2.75) is 32.1 Å². The standard InChI is InChI=1S/C15H22N2O2S2/c1-11(2)17-8-13(7-14(17)18)15(19)16-4-6-21-10-12-3-5-20-9-12/h3,5,9,11,13H,4,6-8,10H2,1-2H3,(H,16,19)/t13-/m0/s1. The summed E-state index contributed by atoms with van der Waals surface area (Å²) in [6, 6.07) is 2.30. The largest absolute Gasteiger partial charge is 0.355 e. The number of nitrogens with one attached hydrogen (secondary N) is 1. The highest BCUT2D eigenvalue weighted by atomic mass is 32.2. The van der Waals surface area contributed by atoms with Crippen molar-refractivity contribution in [1.29, 1.82) is 0 Å². The first kappa shape index (κ1) is 16.4. The number of carbonyl (C=O) groups excluding carboxylic acids is 2. The van der Waals surface area contributed by atoms with E-state index >= 15 is 0 Å². The predicted octanol–water partition coefficient (Wildman–Crippen LogP) is 2.35. The number of carbonyl (C=O) groups is 2.